The number of hydrogen-bond acceptors (Lipinski definition) is 7. The molecule has 11 heteroatoms. The van der Waals surface area contributed by atoms with Crippen LogP contribution in [-0.4, -0.2) is 38.5 Å². The minimum atomic E-state index is -4.15. The highest BCUT2D eigenvalue weighted by molar-refractivity contribution is 9.10. The van der Waals surface area contributed by atoms with Gasteiger partial charge in [0.05, 0.1) is 29.8 Å². The van der Waals surface area contributed by atoms with Gasteiger partial charge in [-0.25, -0.2) is 4.98 Å². The molecule has 3 N–H and O–H groups in total. The molecule has 4 aromatic rings. The first-order valence-electron chi connectivity index (χ1n) is 9.48. The summed E-state index contributed by atoms with van der Waals surface area (Å²) in [4.78, 5) is 19.3. The molecule has 0 aliphatic carbocycles. The third-order valence-corrected chi connectivity index (χ3v) is 6.65. The van der Waals surface area contributed by atoms with E-state index in [9.17, 15) is 13.2 Å². The van der Waals surface area contributed by atoms with Crippen molar-refractivity contribution in [3.05, 3.63) is 64.6 Å². The van der Waals surface area contributed by atoms with Gasteiger partial charge >= 0.3 is 10.1 Å². The van der Waals surface area contributed by atoms with Gasteiger partial charge in [0.25, 0.3) is 5.91 Å². The lowest BCUT2D eigenvalue weighted by atomic mass is 10.2. The molecule has 0 bridgehead atoms. The highest BCUT2D eigenvalue weighted by atomic mass is 79.9. The van der Waals surface area contributed by atoms with Crippen LogP contribution in [0, 0.1) is 0 Å². The summed E-state index contributed by atoms with van der Waals surface area (Å²) in [6.45, 7) is 0. The largest absolute Gasteiger partial charge is 0.497 e. The molecule has 1 heterocycles. The number of rotatable bonds is 7. The number of fused-ring (bicyclic) bond motifs is 1. The summed E-state index contributed by atoms with van der Waals surface area (Å²) in [6.07, 6.45) is 0. The number of carbonyl (C=O) groups excluding carboxylic acids is 1. The molecule has 0 atom stereocenters. The molecular formula is C22H18BrN3O6S. The van der Waals surface area contributed by atoms with Crippen LogP contribution in [-0.2, 0) is 10.1 Å². The molecule has 9 nitrogen and oxygen atoms in total. The quantitative estimate of drug-likeness (QED) is 0.345. The van der Waals surface area contributed by atoms with E-state index in [4.69, 9.17) is 19.4 Å². The maximum Gasteiger partial charge on any atom is 0.339 e. The molecule has 0 aliphatic heterocycles. The van der Waals surface area contributed by atoms with Gasteiger partial charge in [-0.3, -0.25) is 4.79 Å². The molecule has 4 rings (SSSR count). The Balaban J connectivity index is 1.74. The molecule has 0 fully saturated rings. The molecule has 0 unspecified atom stereocenters. The van der Waals surface area contributed by atoms with Crippen LogP contribution in [0.3, 0.4) is 0 Å². The Hall–Kier alpha value is -3.57. The fraction of sp³-hybridized carbons (Fsp3) is 0.0909. The molecule has 1 aromatic heterocycles. The van der Waals surface area contributed by atoms with Crippen molar-refractivity contribution >= 4 is 43.0 Å². The van der Waals surface area contributed by atoms with Gasteiger partial charge in [-0.05, 0) is 64.5 Å². The number of nitrogens with one attached hydrogen (secondary N) is 1. The smallest absolute Gasteiger partial charge is 0.339 e. The van der Waals surface area contributed by atoms with E-state index < -0.39 is 16.0 Å². The summed E-state index contributed by atoms with van der Waals surface area (Å²) in [7, 11) is -1.27. The van der Waals surface area contributed by atoms with Gasteiger partial charge < -0.3 is 24.4 Å². The number of hydrogen-bond donors (Lipinski definition) is 2. The monoisotopic (exact) mass is 531 g/mol. The van der Waals surface area contributed by atoms with Crippen LogP contribution in [0.2, 0.25) is 0 Å². The summed E-state index contributed by atoms with van der Waals surface area (Å²) < 4.78 is 41.7. The van der Waals surface area contributed by atoms with E-state index in [1.807, 2.05) is 0 Å². The van der Waals surface area contributed by atoms with Crippen LogP contribution in [0.4, 0.5) is 0 Å². The van der Waals surface area contributed by atoms with Gasteiger partial charge in [-0.2, -0.15) is 8.42 Å². The number of primary amides is 1. The lowest BCUT2D eigenvalue weighted by molar-refractivity contribution is 0.100. The summed E-state index contributed by atoms with van der Waals surface area (Å²) >= 11 is 3.36. The molecule has 1 amide bonds. The zero-order valence-electron chi connectivity index (χ0n) is 17.5. The molecule has 0 radical (unpaired) electrons. The van der Waals surface area contributed by atoms with Gasteiger partial charge in [-0.1, -0.05) is 6.07 Å². The van der Waals surface area contributed by atoms with Crippen molar-refractivity contribution in [3.8, 4) is 28.6 Å². The molecule has 170 valence electrons. The number of para-hydroxylation sites is 1. The van der Waals surface area contributed by atoms with Crippen molar-refractivity contribution in [3.63, 3.8) is 0 Å². The third-order valence-electron chi connectivity index (χ3n) is 4.82. The molecular weight excluding hydrogens is 514 g/mol. The number of ether oxygens (including phenoxy) is 2. The molecule has 33 heavy (non-hydrogen) atoms. The number of nitrogens with zero attached hydrogens (tertiary/aromatic N) is 1. The topological polar surface area (TPSA) is 134 Å². The second kappa shape index (κ2) is 8.75. The maximum atomic E-state index is 12.8. The Morgan fingerprint density at radius 1 is 1.06 bits per heavy atom. The van der Waals surface area contributed by atoms with Crippen molar-refractivity contribution < 1.29 is 26.9 Å². The lowest BCUT2D eigenvalue weighted by Crippen LogP contribution is -2.11. The second-order valence-electron chi connectivity index (χ2n) is 6.85. The number of aromatic amines is 1. The van der Waals surface area contributed by atoms with Crippen LogP contribution >= 0.6 is 15.9 Å². The lowest BCUT2D eigenvalue weighted by Gasteiger charge is -2.14. The first-order valence-corrected chi connectivity index (χ1v) is 11.7. The van der Waals surface area contributed by atoms with E-state index in [1.54, 1.807) is 30.3 Å². The Bertz CT molecular complexity index is 1470. The molecule has 3 aromatic carbocycles. The number of benzene rings is 3. The molecule has 0 saturated carbocycles. The summed E-state index contributed by atoms with van der Waals surface area (Å²) in [6, 6.07) is 14.1. The standard InChI is InChI=1S/C22H18BrN3O6S/c1-30-13-6-8-14(9-7-13)33(28,29)32-20-16(23)10-12(11-18(20)31-2)22-25-17-5-3-4-15(21(24)27)19(17)26-22/h3-11H,1-2H3,(H2,24,27)(H,25,26). The van der Waals surface area contributed by atoms with Crippen LogP contribution < -0.4 is 19.4 Å². The van der Waals surface area contributed by atoms with E-state index in [-0.39, 0.29) is 22.0 Å². The average Bonchev–Trinajstić information content (AvgIpc) is 3.24. The van der Waals surface area contributed by atoms with Gasteiger partial charge in [0.1, 0.15) is 22.0 Å². The normalized spacial score (nSPS) is 11.4. The zero-order chi connectivity index (χ0) is 23.8. The number of nitrogens with two attached hydrogens (primary N) is 1. The second-order valence-corrected chi connectivity index (χ2v) is 9.25. The van der Waals surface area contributed by atoms with Gasteiger partial charge in [-0.15, -0.1) is 0 Å². The number of aromatic nitrogens is 2. The van der Waals surface area contributed by atoms with Gasteiger partial charge in [0.15, 0.2) is 11.5 Å². The number of amides is 1. The number of imidazole rings is 1. The van der Waals surface area contributed by atoms with E-state index in [0.29, 0.717) is 32.6 Å². The highest BCUT2D eigenvalue weighted by Gasteiger charge is 2.23. The predicted octanol–water partition coefficient (Wildman–Crippen LogP) is 3.88. The maximum absolute atomic E-state index is 12.8. The van der Waals surface area contributed by atoms with E-state index in [2.05, 4.69) is 25.9 Å². The van der Waals surface area contributed by atoms with Crippen LogP contribution in [0.1, 0.15) is 10.4 Å². The average molecular weight is 532 g/mol. The number of methoxy groups -OCH3 is 2. The minimum Gasteiger partial charge on any atom is -0.497 e. The molecule has 0 saturated heterocycles. The summed E-state index contributed by atoms with van der Waals surface area (Å²) in [5.74, 6) is 0.493. The Morgan fingerprint density at radius 3 is 2.42 bits per heavy atom. The van der Waals surface area contributed by atoms with E-state index in [0.717, 1.165) is 0 Å². The number of halogens is 1. The summed E-state index contributed by atoms with van der Waals surface area (Å²) in [5.41, 5.74) is 7.34. The molecule has 0 aliphatic rings. The minimum absolute atomic E-state index is 0.0222. The Morgan fingerprint density at radius 2 is 1.79 bits per heavy atom. The zero-order valence-corrected chi connectivity index (χ0v) is 19.9. The Labute approximate surface area is 197 Å². The number of carbonyl (C=O) groups is 1. The predicted molar refractivity (Wildman–Crippen MR) is 125 cm³/mol. The highest BCUT2D eigenvalue weighted by Crippen LogP contribution is 2.41. The van der Waals surface area contributed by atoms with Crippen LogP contribution in [0.25, 0.3) is 22.4 Å². The van der Waals surface area contributed by atoms with Crippen LogP contribution in [0.5, 0.6) is 17.2 Å². The van der Waals surface area contributed by atoms with Crippen molar-refractivity contribution in [2.24, 2.45) is 5.73 Å². The fourth-order valence-electron chi connectivity index (χ4n) is 3.21. The van der Waals surface area contributed by atoms with Crippen LogP contribution in [0.15, 0.2) is 64.0 Å². The van der Waals surface area contributed by atoms with Gasteiger partial charge in [0.2, 0.25) is 0 Å². The SMILES string of the molecule is COc1ccc(S(=O)(=O)Oc2c(Br)cc(-c3nc4c(C(N)=O)cccc4[nH]3)cc2OC)cc1. The molecule has 0 spiro atoms. The van der Waals surface area contributed by atoms with E-state index in [1.165, 1.54) is 38.5 Å². The fourth-order valence-corrected chi connectivity index (χ4v) is 4.79. The van der Waals surface area contributed by atoms with Gasteiger partial charge in [0, 0.05) is 5.56 Å². The number of H-pyrrole nitrogens is 1. The van der Waals surface area contributed by atoms with Crippen molar-refractivity contribution in [1.29, 1.82) is 0 Å². The summed E-state index contributed by atoms with van der Waals surface area (Å²) in [5, 5.41) is 0. The first kappa shape index (κ1) is 22.6. The Kier molecular flexibility index (Phi) is 6.00. The third kappa shape index (κ3) is 4.37. The van der Waals surface area contributed by atoms with Crippen molar-refractivity contribution in [2.75, 3.05) is 14.2 Å². The first-order chi connectivity index (χ1) is 15.7. The van der Waals surface area contributed by atoms with Crippen molar-refractivity contribution in [2.45, 2.75) is 4.90 Å². The van der Waals surface area contributed by atoms with Crippen molar-refractivity contribution in [1.82, 2.24) is 9.97 Å². The van der Waals surface area contributed by atoms with E-state index >= 15 is 0 Å².